The van der Waals surface area contributed by atoms with Gasteiger partial charge in [-0.2, -0.15) is 0 Å². The van der Waals surface area contributed by atoms with Crippen molar-refractivity contribution in [3.05, 3.63) is 91.0 Å². The van der Waals surface area contributed by atoms with Gasteiger partial charge in [0.2, 0.25) is 0 Å². The fraction of sp³-hybridized carbons (Fsp3) is 0.100. The van der Waals surface area contributed by atoms with Gasteiger partial charge in [0.25, 0.3) is 0 Å². The molecule has 0 aliphatic carbocycles. The first-order valence-electron chi connectivity index (χ1n) is 8.08. The van der Waals surface area contributed by atoms with Gasteiger partial charge < -0.3 is 13.3 Å². The summed E-state index contributed by atoms with van der Waals surface area (Å²) in [6.45, 7) is 0. The summed E-state index contributed by atoms with van der Waals surface area (Å²) in [5, 5.41) is 0. The second-order valence-electron chi connectivity index (χ2n) is 5.37. The quantitative estimate of drug-likeness (QED) is 0.392. The molecule has 0 saturated carbocycles. The molecule has 0 saturated heterocycles. The van der Waals surface area contributed by atoms with E-state index in [1.54, 1.807) is 0 Å². The Morgan fingerprint density at radius 2 is 0.880 bits per heavy atom. The van der Waals surface area contributed by atoms with E-state index in [1.165, 1.54) is 0 Å². The SMILES string of the molecule is ClCC[Si](Oc1ccccc1)(Oc1ccccc1)Oc1ccccc1. The first-order valence-corrected chi connectivity index (χ1v) is 10.5. The lowest BCUT2D eigenvalue weighted by Gasteiger charge is -2.30. The van der Waals surface area contributed by atoms with Crippen molar-refractivity contribution in [2.75, 3.05) is 5.88 Å². The Morgan fingerprint density at radius 3 is 1.16 bits per heavy atom. The zero-order valence-corrected chi connectivity index (χ0v) is 15.4. The molecule has 0 fully saturated rings. The van der Waals surface area contributed by atoms with Gasteiger partial charge in [0, 0.05) is 5.88 Å². The van der Waals surface area contributed by atoms with Gasteiger partial charge in [-0.3, -0.25) is 0 Å². The van der Waals surface area contributed by atoms with E-state index in [0.29, 0.717) is 29.2 Å². The van der Waals surface area contributed by atoms with Crippen molar-refractivity contribution in [2.45, 2.75) is 6.04 Å². The third-order valence-electron chi connectivity index (χ3n) is 3.45. The maximum atomic E-state index is 6.26. The molecule has 0 spiro atoms. The summed E-state index contributed by atoms with van der Waals surface area (Å²) in [6.07, 6.45) is 0. The molecule has 3 aromatic rings. The summed E-state index contributed by atoms with van der Waals surface area (Å²) in [7, 11) is -3.15. The highest BCUT2D eigenvalue weighted by Crippen LogP contribution is 2.26. The molecule has 5 heteroatoms. The Hall–Kier alpha value is -2.43. The zero-order chi connectivity index (χ0) is 17.4. The highest BCUT2D eigenvalue weighted by atomic mass is 35.5. The molecular weight excluding hydrogens is 352 g/mol. The normalized spacial score (nSPS) is 10.9. The van der Waals surface area contributed by atoms with Crippen LogP contribution in [0, 0.1) is 0 Å². The number of halogens is 1. The summed E-state index contributed by atoms with van der Waals surface area (Å²) in [5.74, 6) is 2.47. The number of hydrogen-bond donors (Lipinski definition) is 0. The minimum atomic E-state index is -3.15. The lowest BCUT2D eigenvalue weighted by atomic mass is 10.3. The number of alkyl halides is 1. The molecule has 0 N–H and O–H groups in total. The average Bonchev–Trinajstić information content (AvgIpc) is 2.64. The van der Waals surface area contributed by atoms with Crippen molar-refractivity contribution in [3.63, 3.8) is 0 Å². The van der Waals surface area contributed by atoms with E-state index in [9.17, 15) is 0 Å². The van der Waals surface area contributed by atoms with Gasteiger partial charge in [0.15, 0.2) is 0 Å². The summed E-state index contributed by atoms with van der Waals surface area (Å²) in [4.78, 5) is 0. The molecule has 3 rings (SSSR count). The highest BCUT2D eigenvalue weighted by molar-refractivity contribution is 6.64. The second-order valence-corrected chi connectivity index (χ2v) is 8.22. The van der Waals surface area contributed by atoms with Crippen LogP contribution in [0.1, 0.15) is 0 Å². The molecule has 0 aromatic heterocycles. The van der Waals surface area contributed by atoms with E-state index < -0.39 is 8.80 Å². The fourth-order valence-electron chi connectivity index (χ4n) is 2.34. The van der Waals surface area contributed by atoms with E-state index in [4.69, 9.17) is 24.9 Å². The molecule has 128 valence electrons. The molecule has 0 heterocycles. The van der Waals surface area contributed by atoms with Crippen molar-refractivity contribution in [3.8, 4) is 17.2 Å². The Labute approximate surface area is 154 Å². The predicted octanol–water partition coefficient (Wildman–Crippen LogP) is 5.40. The fourth-order valence-corrected chi connectivity index (χ4v) is 5.18. The van der Waals surface area contributed by atoms with Gasteiger partial charge >= 0.3 is 8.80 Å². The Balaban J connectivity index is 1.94. The summed E-state index contributed by atoms with van der Waals surface area (Å²) < 4.78 is 18.8. The minimum Gasteiger partial charge on any atom is -0.483 e. The third kappa shape index (κ3) is 5.02. The Bertz CT molecular complexity index is 652. The van der Waals surface area contributed by atoms with Gasteiger partial charge in [-0.15, -0.1) is 11.6 Å². The van der Waals surface area contributed by atoms with E-state index in [2.05, 4.69) is 0 Å². The standard InChI is InChI=1S/C20H19ClO3Si/c21-16-17-25(22-18-10-4-1-5-11-18,23-19-12-6-2-7-13-19)24-20-14-8-3-9-15-20/h1-15H,16-17H2. The number of para-hydroxylation sites is 3. The average molecular weight is 371 g/mol. The first kappa shape index (κ1) is 17.4. The van der Waals surface area contributed by atoms with E-state index in [-0.39, 0.29) is 0 Å². The van der Waals surface area contributed by atoms with Crippen LogP contribution in [0.25, 0.3) is 0 Å². The molecule has 0 amide bonds. The van der Waals surface area contributed by atoms with E-state index in [0.717, 1.165) is 0 Å². The first-order chi connectivity index (χ1) is 12.3. The summed E-state index contributed by atoms with van der Waals surface area (Å²) >= 11 is 6.08. The van der Waals surface area contributed by atoms with Crippen LogP contribution in [0.3, 0.4) is 0 Å². The number of rotatable bonds is 8. The van der Waals surface area contributed by atoms with Gasteiger partial charge in [-0.05, 0) is 36.4 Å². The molecule has 0 bridgehead atoms. The van der Waals surface area contributed by atoms with Crippen LogP contribution in [-0.4, -0.2) is 14.7 Å². The van der Waals surface area contributed by atoms with Crippen LogP contribution in [0.2, 0.25) is 6.04 Å². The van der Waals surface area contributed by atoms with Crippen molar-refractivity contribution in [1.29, 1.82) is 0 Å². The predicted molar refractivity (Wildman–Crippen MR) is 102 cm³/mol. The number of benzene rings is 3. The number of hydrogen-bond acceptors (Lipinski definition) is 3. The third-order valence-corrected chi connectivity index (χ3v) is 6.46. The van der Waals surface area contributed by atoms with Crippen LogP contribution in [0.5, 0.6) is 17.2 Å². The van der Waals surface area contributed by atoms with Crippen LogP contribution >= 0.6 is 11.6 Å². The molecule has 25 heavy (non-hydrogen) atoms. The largest absolute Gasteiger partial charge is 0.700 e. The molecular formula is C20H19ClO3Si. The van der Waals surface area contributed by atoms with Crippen LogP contribution in [-0.2, 0) is 0 Å². The molecule has 0 atom stereocenters. The molecule has 0 aliphatic heterocycles. The van der Waals surface area contributed by atoms with Crippen molar-refractivity contribution >= 4 is 20.4 Å². The van der Waals surface area contributed by atoms with Crippen LogP contribution in [0.4, 0.5) is 0 Å². The van der Waals surface area contributed by atoms with Gasteiger partial charge in [0.1, 0.15) is 17.2 Å². The van der Waals surface area contributed by atoms with Gasteiger partial charge in [-0.1, -0.05) is 54.6 Å². The summed E-state index contributed by atoms with van der Waals surface area (Å²) in [5.41, 5.74) is 0. The maximum Gasteiger partial charge on any atom is 0.700 e. The molecule has 0 aliphatic rings. The smallest absolute Gasteiger partial charge is 0.483 e. The molecule has 0 unspecified atom stereocenters. The van der Waals surface area contributed by atoms with Crippen molar-refractivity contribution in [1.82, 2.24) is 0 Å². The van der Waals surface area contributed by atoms with E-state index >= 15 is 0 Å². The van der Waals surface area contributed by atoms with Gasteiger partial charge in [0.05, 0.1) is 6.04 Å². The van der Waals surface area contributed by atoms with Gasteiger partial charge in [-0.25, -0.2) is 0 Å². The zero-order valence-electron chi connectivity index (χ0n) is 13.7. The van der Waals surface area contributed by atoms with Crippen LogP contribution in [0.15, 0.2) is 91.0 Å². The molecule has 0 radical (unpaired) electrons. The Kier molecular flexibility index (Phi) is 5.98. The van der Waals surface area contributed by atoms with Crippen molar-refractivity contribution < 1.29 is 13.3 Å². The van der Waals surface area contributed by atoms with Crippen molar-refractivity contribution in [2.24, 2.45) is 0 Å². The highest BCUT2D eigenvalue weighted by Gasteiger charge is 2.48. The minimum absolute atomic E-state index is 0.374. The maximum absolute atomic E-state index is 6.26. The molecule has 3 aromatic carbocycles. The summed E-state index contributed by atoms with van der Waals surface area (Å²) in [6, 6.07) is 29.1. The lowest BCUT2D eigenvalue weighted by Crippen LogP contribution is -2.55. The lowest BCUT2D eigenvalue weighted by molar-refractivity contribution is 0.263. The topological polar surface area (TPSA) is 27.7 Å². The monoisotopic (exact) mass is 370 g/mol. The second kappa shape index (κ2) is 8.60. The molecule has 3 nitrogen and oxygen atoms in total. The van der Waals surface area contributed by atoms with E-state index in [1.807, 2.05) is 91.0 Å². The Morgan fingerprint density at radius 1 is 0.560 bits per heavy atom. The van der Waals surface area contributed by atoms with Crippen LogP contribution < -0.4 is 13.3 Å².